The maximum absolute atomic E-state index is 5.20. The summed E-state index contributed by atoms with van der Waals surface area (Å²) < 4.78 is 0. The number of aromatic nitrogens is 3. The summed E-state index contributed by atoms with van der Waals surface area (Å²) in [5, 5.41) is 1.47. The third-order valence-electron chi connectivity index (χ3n) is 11.1. The van der Waals surface area contributed by atoms with Gasteiger partial charge in [0.15, 0.2) is 17.5 Å². The lowest BCUT2D eigenvalue weighted by molar-refractivity contribution is 0.796. The van der Waals surface area contributed by atoms with Crippen molar-refractivity contribution in [3.05, 3.63) is 192 Å². The van der Waals surface area contributed by atoms with Crippen LogP contribution >= 0.6 is 0 Å². The SMILES string of the molecule is C[Si](C)(C)c1ccc2c(c1)C1(c3ccccc3-c3ccccc31)c1c(-c3ccccc3-c3nc(-c4ccccc4)nc(-c4ccccc4)n3)cccc1-2. The van der Waals surface area contributed by atoms with Crippen LogP contribution in [0.1, 0.15) is 22.3 Å². The monoisotopic (exact) mass is 695 g/mol. The fourth-order valence-electron chi connectivity index (χ4n) is 8.73. The second kappa shape index (κ2) is 11.9. The minimum absolute atomic E-state index is 0.485. The highest BCUT2D eigenvalue weighted by atomic mass is 28.3. The van der Waals surface area contributed by atoms with Crippen molar-refractivity contribution in [1.82, 2.24) is 15.0 Å². The minimum Gasteiger partial charge on any atom is -0.208 e. The van der Waals surface area contributed by atoms with Crippen LogP contribution in [0.5, 0.6) is 0 Å². The normalized spacial score (nSPS) is 13.3. The summed E-state index contributed by atoms with van der Waals surface area (Å²) in [5.74, 6) is 1.97. The van der Waals surface area contributed by atoms with Crippen LogP contribution in [-0.2, 0) is 5.41 Å². The van der Waals surface area contributed by atoms with E-state index < -0.39 is 13.5 Å². The quantitative estimate of drug-likeness (QED) is 0.168. The van der Waals surface area contributed by atoms with E-state index in [1.807, 2.05) is 36.4 Å². The number of benzene rings is 7. The summed E-state index contributed by atoms with van der Waals surface area (Å²) in [6, 6.07) is 61.4. The molecule has 8 aromatic rings. The Hall–Kier alpha value is -6.23. The minimum atomic E-state index is -1.65. The summed E-state index contributed by atoms with van der Waals surface area (Å²) in [7, 11) is -1.65. The predicted octanol–water partition coefficient (Wildman–Crippen LogP) is 11.4. The van der Waals surface area contributed by atoms with Gasteiger partial charge in [-0.25, -0.2) is 15.0 Å². The van der Waals surface area contributed by atoms with Crippen molar-refractivity contribution in [2.24, 2.45) is 0 Å². The predicted molar refractivity (Wildman–Crippen MR) is 221 cm³/mol. The summed E-state index contributed by atoms with van der Waals surface area (Å²) in [6.45, 7) is 7.34. The highest BCUT2D eigenvalue weighted by Gasteiger charge is 2.53. The lowest BCUT2D eigenvalue weighted by Crippen LogP contribution is -2.38. The van der Waals surface area contributed by atoms with Gasteiger partial charge in [-0.15, -0.1) is 0 Å². The molecule has 10 rings (SSSR count). The van der Waals surface area contributed by atoms with Crippen LogP contribution < -0.4 is 5.19 Å². The Bertz CT molecular complexity index is 2610. The molecule has 0 N–H and O–H groups in total. The maximum atomic E-state index is 5.20. The topological polar surface area (TPSA) is 38.7 Å². The van der Waals surface area contributed by atoms with E-state index in [2.05, 4.69) is 153 Å². The Kier molecular flexibility index (Phi) is 7.08. The van der Waals surface area contributed by atoms with E-state index in [4.69, 9.17) is 15.0 Å². The van der Waals surface area contributed by atoms with E-state index in [0.29, 0.717) is 17.5 Å². The maximum Gasteiger partial charge on any atom is 0.164 e. The van der Waals surface area contributed by atoms with E-state index in [9.17, 15) is 0 Å². The number of hydrogen-bond donors (Lipinski definition) is 0. The van der Waals surface area contributed by atoms with Gasteiger partial charge in [-0.05, 0) is 55.6 Å². The van der Waals surface area contributed by atoms with Crippen molar-refractivity contribution in [2.75, 3.05) is 0 Å². The Morgan fingerprint density at radius 1 is 0.358 bits per heavy atom. The first kappa shape index (κ1) is 31.5. The van der Waals surface area contributed by atoms with Crippen molar-refractivity contribution in [1.29, 1.82) is 0 Å². The van der Waals surface area contributed by atoms with E-state index in [1.165, 1.54) is 55.3 Å². The number of nitrogens with zero attached hydrogens (tertiary/aromatic N) is 3. The number of hydrogen-bond acceptors (Lipinski definition) is 3. The first-order valence-electron chi connectivity index (χ1n) is 18.4. The summed E-state index contributed by atoms with van der Waals surface area (Å²) >= 11 is 0. The molecule has 0 saturated carbocycles. The molecule has 0 atom stereocenters. The van der Waals surface area contributed by atoms with Crippen molar-refractivity contribution in [3.8, 4) is 67.5 Å². The Morgan fingerprint density at radius 3 is 1.36 bits per heavy atom. The molecule has 0 radical (unpaired) electrons. The van der Waals surface area contributed by atoms with E-state index in [1.54, 1.807) is 0 Å². The van der Waals surface area contributed by atoms with Gasteiger partial charge in [0.25, 0.3) is 0 Å². The van der Waals surface area contributed by atoms with Gasteiger partial charge in [-0.1, -0.05) is 195 Å². The molecule has 0 bridgehead atoms. The van der Waals surface area contributed by atoms with Gasteiger partial charge in [0.05, 0.1) is 13.5 Å². The molecule has 0 amide bonds. The van der Waals surface area contributed by atoms with Crippen molar-refractivity contribution >= 4 is 13.3 Å². The van der Waals surface area contributed by atoms with Crippen LogP contribution in [0.3, 0.4) is 0 Å². The highest BCUT2D eigenvalue weighted by Crippen LogP contribution is 2.64. The van der Waals surface area contributed by atoms with Gasteiger partial charge in [0.1, 0.15) is 0 Å². The Balaban J connectivity index is 1.28. The van der Waals surface area contributed by atoms with E-state index in [0.717, 1.165) is 22.3 Å². The molecular formula is C49H37N3Si. The molecule has 0 aliphatic heterocycles. The van der Waals surface area contributed by atoms with Crippen LogP contribution in [0.4, 0.5) is 0 Å². The van der Waals surface area contributed by atoms with Crippen molar-refractivity contribution in [2.45, 2.75) is 25.1 Å². The van der Waals surface area contributed by atoms with Gasteiger partial charge >= 0.3 is 0 Å². The molecule has 0 fully saturated rings. The molecule has 2 aliphatic carbocycles. The molecule has 7 aromatic carbocycles. The summed E-state index contributed by atoms with van der Waals surface area (Å²) in [6.07, 6.45) is 0. The molecule has 0 saturated heterocycles. The molecular weight excluding hydrogens is 659 g/mol. The lowest BCUT2D eigenvalue weighted by Gasteiger charge is -2.33. The average molecular weight is 696 g/mol. The second-order valence-corrected chi connectivity index (χ2v) is 20.2. The standard InChI is InChI=1S/C49H37N3Si/c1-53(2,3)34-29-30-38-40-26-16-25-39(45(40)49(44(38)31-34)42-27-14-12-22-36(42)37-23-13-15-28-43(37)49)35-21-10-11-24-41(35)48-51-46(32-17-6-4-7-18-32)50-47(52-48)33-19-8-5-9-20-33/h4-31H,1-3H3. The van der Waals surface area contributed by atoms with E-state index in [-0.39, 0.29) is 0 Å². The number of fused-ring (bicyclic) bond motifs is 10. The molecule has 1 aromatic heterocycles. The molecule has 0 unspecified atom stereocenters. The highest BCUT2D eigenvalue weighted by molar-refractivity contribution is 6.88. The van der Waals surface area contributed by atoms with Gasteiger partial charge in [0, 0.05) is 16.7 Å². The van der Waals surface area contributed by atoms with E-state index >= 15 is 0 Å². The zero-order chi connectivity index (χ0) is 35.7. The second-order valence-electron chi connectivity index (χ2n) is 15.2. The third kappa shape index (κ3) is 4.76. The fourth-order valence-corrected chi connectivity index (χ4v) is 9.89. The molecule has 1 spiro atoms. The molecule has 3 nitrogen and oxygen atoms in total. The molecule has 53 heavy (non-hydrogen) atoms. The van der Waals surface area contributed by atoms with Gasteiger partial charge in [-0.3, -0.25) is 0 Å². The first-order valence-corrected chi connectivity index (χ1v) is 21.9. The molecule has 4 heteroatoms. The van der Waals surface area contributed by atoms with Crippen LogP contribution in [0.15, 0.2) is 170 Å². The largest absolute Gasteiger partial charge is 0.208 e. The van der Waals surface area contributed by atoms with Gasteiger partial charge in [-0.2, -0.15) is 0 Å². The van der Waals surface area contributed by atoms with Crippen molar-refractivity contribution < 1.29 is 0 Å². The smallest absolute Gasteiger partial charge is 0.164 e. The van der Waals surface area contributed by atoms with Crippen molar-refractivity contribution in [3.63, 3.8) is 0 Å². The number of rotatable bonds is 5. The first-order chi connectivity index (χ1) is 25.9. The third-order valence-corrected chi connectivity index (χ3v) is 13.2. The van der Waals surface area contributed by atoms with Crippen LogP contribution in [0.25, 0.3) is 67.5 Å². The lowest BCUT2D eigenvalue weighted by atomic mass is 9.68. The molecule has 1 heterocycles. The Labute approximate surface area is 311 Å². The van der Waals surface area contributed by atoms with Crippen LogP contribution in [0, 0.1) is 0 Å². The average Bonchev–Trinajstić information content (AvgIpc) is 3.68. The zero-order valence-electron chi connectivity index (χ0n) is 30.0. The van der Waals surface area contributed by atoms with Gasteiger partial charge in [0.2, 0.25) is 0 Å². The molecule has 252 valence electrons. The molecule has 2 aliphatic rings. The van der Waals surface area contributed by atoms with Crippen LogP contribution in [-0.4, -0.2) is 23.0 Å². The van der Waals surface area contributed by atoms with Gasteiger partial charge < -0.3 is 0 Å². The zero-order valence-corrected chi connectivity index (χ0v) is 31.0. The summed E-state index contributed by atoms with van der Waals surface area (Å²) in [4.78, 5) is 15.4. The summed E-state index contributed by atoms with van der Waals surface area (Å²) in [5.41, 5.74) is 15.3. The fraction of sp³-hybridized carbons (Fsp3) is 0.0816. The van der Waals surface area contributed by atoms with Crippen LogP contribution in [0.2, 0.25) is 19.6 Å². The Morgan fingerprint density at radius 2 is 0.792 bits per heavy atom.